The molecule has 1 N–H and O–H groups in total. The van der Waals surface area contributed by atoms with Crippen molar-refractivity contribution in [2.45, 2.75) is 43.9 Å². The Labute approximate surface area is 187 Å². The minimum absolute atomic E-state index is 0.0117. The summed E-state index contributed by atoms with van der Waals surface area (Å²) in [4.78, 5) is 12.9. The van der Waals surface area contributed by atoms with Gasteiger partial charge in [-0.1, -0.05) is 52.3 Å². The Hall–Kier alpha value is -1.70. The van der Waals surface area contributed by atoms with E-state index in [4.69, 9.17) is 0 Å². The predicted molar refractivity (Wildman–Crippen MR) is 121 cm³/mol. The molecule has 2 aliphatic rings. The zero-order chi connectivity index (χ0) is 21.1. The molecule has 0 spiro atoms. The maximum atomic E-state index is 12.9. The van der Waals surface area contributed by atoms with E-state index < -0.39 is 10.0 Å². The van der Waals surface area contributed by atoms with Gasteiger partial charge in [0.2, 0.25) is 15.9 Å². The van der Waals surface area contributed by atoms with Crippen molar-refractivity contribution < 1.29 is 13.2 Å². The molecule has 1 aliphatic carbocycles. The minimum atomic E-state index is -3.39. The standard InChI is InChI=1S/C23H27BrN2O3S/c24-20-8-3-5-17(15-20)16-30(28,29)26-13-11-19(12-14-26)23(27)25-22-10-4-7-18-6-1-2-9-21(18)22/h1-3,5-6,8-9,15,19,22H,4,7,10-14,16H2,(H,25,27)/t22-/m0/s1. The van der Waals surface area contributed by atoms with Crippen LogP contribution in [0.1, 0.15) is 48.4 Å². The van der Waals surface area contributed by atoms with Crippen LogP contribution in [0.25, 0.3) is 0 Å². The first-order chi connectivity index (χ1) is 14.4. The number of hydrogen-bond acceptors (Lipinski definition) is 3. The Bertz CT molecular complexity index is 1020. The maximum Gasteiger partial charge on any atom is 0.223 e. The maximum absolute atomic E-state index is 12.9. The molecule has 7 heteroatoms. The molecule has 2 aromatic rings. The highest BCUT2D eigenvalue weighted by Crippen LogP contribution is 2.30. The molecule has 1 amide bonds. The fraction of sp³-hybridized carbons (Fsp3) is 0.435. The number of piperidine rings is 1. The summed E-state index contributed by atoms with van der Waals surface area (Å²) in [6.07, 6.45) is 4.24. The van der Waals surface area contributed by atoms with Crippen molar-refractivity contribution >= 4 is 31.9 Å². The number of rotatable bonds is 5. The molecule has 1 aliphatic heterocycles. The quantitative estimate of drug-likeness (QED) is 0.683. The van der Waals surface area contributed by atoms with Crippen molar-refractivity contribution in [1.29, 1.82) is 0 Å². The second kappa shape index (κ2) is 9.20. The molecule has 160 valence electrons. The van der Waals surface area contributed by atoms with Crippen LogP contribution in [0.2, 0.25) is 0 Å². The van der Waals surface area contributed by atoms with Crippen molar-refractivity contribution in [3.05, 3.63) is 69.7 Å². The van der Waals surface area contributed by atoms with Gasteiger partial charge < -0.3 is 5.32 Å². The number of nitrogens with zero attached hydrogens (tertiary/aromatic N) is 1. The first-order valence-electron chi connectivity index (χ1n) is 10.5. The van der Waals surface area contributed by atoms with Crippen molar-refractivity contribution in [3.8, 4) is 0 Å². The Balaban J connectivity index is 1.34. The topological polar surface area (TPSA) is 66.5 Å². The average molecular weight is 491 g/mol. The second-order valence-electron chi connectivity index (χ2n) is 8.21. The van der Waals surface area contributed by atoms with Gasteiger partial charge in [0.15, 0.2) is 0 Å². The number of carbonyl (C=O) groups is 1. The zero-order valence-electron chi connectivity index (χ0n) is 16.9. The molecule has 0 unspecified atom stereocenters. The summed E-state index contributed by atoms with van der Waals surface area (Å²) >= 11 is 3.39. The van der Waals surface area contributed by atoms with Crippen LogP contribution in [-0.4, -0.2) is 31.7 Å². The minimum Gasteiger partial charge on any atom is -0.349 e. The molecule has 1 saturated heterocycles. The third kappa shape index (κ3) is 4.95. The highest BCUT2D eigenvalue weighted by molar-refractivity contribution is 9.10. The van der Waals surface area contributed by atoms with E-state index in [-0.39, 0.29) is 23.6 Å². The van der Waals surface area contributed by atoms with Crippen LogP contribution in [0.15, 0.2) is 53.0 Å². The summed E-state index contributed by atoms with van der Waals surface area (Å²) in [6.45, 7) is 0.797. The molecule has 0 aromatic heterocycles. The van der Waals surface area contributed by atoms with Crippen LogP contribution in [0.3, 0.4) is 0 Å². The molecular weight excluding hydrogens is 464 g/mol. The van der Waals surface area contributed by atoms with E-state index in [0.717, 1.165) is 29.3 Å². The van der Waals surface area contributed by atoms with E-state index in [0.29, 0.717) is 25.9 Å². The molecule has 1 heterocycles. The summed E-state index contributed by atoms with van der Waals surface area (Å²) in [7, 11) is -3.39. The van der Waals surface area contributed by atoms with Gasteiger partial charge >= 0.3 is 0 Å². The molecule has 1 fully saturated rings. The van der Waals surface area contributed by atoms with Gasteiger partial charge in [0.25, 0.3) is 0 Å². The number of aryl methyl sites for hydroxylation is 1. The highest BCUT2D eigenvalue weighted by Gasteiger charge is 2.32. The van der Waals surface area contributed by atoms with Crippen LogP contribution in [0, 0.1) is 5.92 Å². The fourth-order valence-electron chi connectivity index (χ4n) is 4.52. The van der Waals surface area contributed by atoms with Crippen LogP contribution in [0.5, 0.6) is 0 Å². The molecule has 0 bridgehead atoms. The molecule has 4 rings (SSSR count). The molecular formula is C23H27BrN2O3S. The number of carbonyl (C=O) groups excluding carboxylic acids is 1. The van der Waals surface area contributed by atoms with Crippen molar-refractivity contribution in [1.82, 2.24) is 9.62 Å². The molecule has 30 heavy (non-hydrogen) atoms. The Morgan fingerprint density at radius 1 is 1.07 bits per heavy atom. The summed E-state index contributed by atoms with van der Waals surface area (Å²) < 4.78 is 28.0. The van der Waals surface area contributed by atoms with Gasteiger partial charge in [-0.25, -0.2) is 12.7 Å². The Kier molecular flexibility index (Phi) is 6.60. The van der Waals surface area contributed by atoms with E-state index in [1.165, 1.54) is 15.4 Å². The summed E-state index contributed by atoms with van der Waals surface area (Å²) in [5.74, 6) is -0.0838. The van der Waals surface area contributed by atoms with E-state index in [1.807, 2.05) is 36.4 Å². The lowest BCUT2D eigenvalue weighted by atomic mass is 9.87. The van der Waals surface area contributed by atoms with E-state index in [1.54, 1.807) is 0 Å². The van der Waals surface area contributed by atoms with Crippen molar-refractivity contribution in [2.75, 3.05) is 13.1 Å². The molecule has 5 nitrogen and oxygen atoms in total. The van der Waals surface area contributed by atoms with Gasteiger partial charge in [0, 0.05) is 23.5 Å². The van der Waals surface area contributed by atoms with Crippen LogP contribution in [0.4, 0.5) is 0 Å². The smallest absolute Gasteiger partial charge is 0.223 e. The lowest BCUT2D eigenvalue weighted by molar-refractivity contribution is -0.127. The highest BCUT2D eigenvalue weighted by atomic mass is 79.9. The monoisotopic (exact) mass is 490 g/mol. The summed E-state index contributed by atoms with van der Waals surface area (Å²) in [6, 6.07) is 15.8. The summed E-state index contributed by atoms with van der Waals surface area (Å²) in [5, 5.41) is 3.23. The number of hydrogen-bond donors (Lipinski definition) is 1. The lowest BCUT2D eigenvalue weighted by Gasteiger charge is -2.32. The van der Waals surface area contributed by atoms with Gasteiger partial charge in [-0.15, -0.1) is 0 Å². The second-order valence-corrected chi connectivity index (χ2v) is 11.1. The number of halogens is 1. The van der Waals surface area contributed by atoms with Crippen LogP contribution in [-0.2, 0) is 27.0 Å². The average Bonchev–Trinajstić information content (AvgIpc) is 2.74. The number of nitrogens with one attached hydrogen (secondary N) is 1. The third-order valence-electron chi connectivity index (χ3n) is 6.14. The molecule has 0 saturated carbocycles. The number of sulfonamides is 1. The van der Waals surface area contributed by atoms with Crippen LogP contribution >= 0.6 is 15.9 Å². The third-order valence-corrected chi connectivity index (χ3v) is 8.49. The van der Waals surface area contributed by atoms with E-state index in [9.17, 15) is 13.2 Å². The zero-order valence-corrected chi connectivity index (χ0v) is 19.3. The molecule has 2 aromatic carbocycles. The van der Waals surface area contributed by atoms with Gasteiger partial charge in [-0.05, 0) is 60.9 Å². The normalized spacial score (nSPS) is 20.5. The lowest BCUT2D eigenvalue weighted by Crippen LogP contribution is -2.44. The number of amides is 1. The fourth-order valence-corrected chi connectivity index (χ4v) is 6.52. The van der Waals surface area contributed by atoms with Gasteiger partial charge in [-0.3, -0.25) is 4.79 Å². The molecule has 0 radical (unpaired) electrons. The Morgan fingerprint density at radius 2 is 1.83 bits per heavy atom. The van der Waals surface area contributed by atoms with Crippen LogP contribution < -0.4 is 5.32 Å². The van der Waals surface area contributed by atoms with E-state index >= 15 is 0 Å². The van der Waals surface area contributed by atoms with E-state index in [2.05, 4.69) is 33.4 Å². The predicted octanol–water partition coefficient (Wildman–Crippen LogP) is 4.18. The number of benzene rings is 2. The Morgan fingerprint density at radius 3 is 2.60 bits per heavy atom. The van der Waals surface area contributed by atoms with Gasteiger partial charge in [-0.2, -0.15) is 0 Å². The first kappa shape index (κ1) is 21.5. The van der Waals surface area contributed by atoms with Gasteiger partial charge in [0.1, 0.15) is 0 Å². The number of fused-ring (bicyclic) bond motifs is 1. The van der Waals surface area contributed by atoms with Crippen molar-refractivity contribution in [2.24, 2.45) is 5.92 Å². The van der Waals surface area contributed by atoms with Crippen molar-refractivity contribution in [3.63, 3.8) is 0 Å². The molecule has 1 atom stereocenters. The van der Waals surface area contributed by atoms with Gasteiger partial charge in [0.05, 0.1) is 11.8 Å². The first-order valence-corrected chi connectivity index (χ1v) is 12.9. The largest absolute Gasteiger partial charge is 0.349 e. The summed E-state index contributed by atoms with van der Waals surface area (Å²) in [5.41, 5.74) is 3.31. The SMILES string of the molecule is O=C(N[C@H]1CCCc2ccccc21)C1CCN(S(=O)(=O)Cc2cccc(Br)c2)CC1.